The van der Waals surface area contributed by atoms with E-state index in [1.54, 1.807) is 0 Å². The van der Waals surface area contributed by atoms with E-state index in [0.717, 1.165) is 18.8 Å². The summed E-state index contributed by atoms with van der Waals surface area (Å²) in [6.45, 7) is 8.85. The maximum atomic E-state index is 9.43. The topological polar surface area (TPSA) is 35.8 Å². The smallest absolute Gasteiger partial charge is 0.109 e. The molecule has 86 valence electrons. The van der Waals surface area contributed by atoms with Gasteiger partial charge in [-0.05, 0) is 44.4 Å². The minimum atomic E-state index is -0.262. The van der Waals surface area contributed by atoms with E-state index >= 15 is 0 Å². The van der Waals surface area contributed by atoms with Gasteiger partial charge in [0, 0.05) is 6.04 Å². The highest BCUT2D eigenvalue weighted by atomic mass is 15.0. The Bertz CT molecular complexity index is 243. The van der Waals surface area contributed by atoms with Gasteiger partial charge in [-0.3, -0.25) is 5.32 Å². The van der Waals surface area contributed by atoms with Gasteiger partial charge in [0.2, 0.25) is 0 Å². The van der Waals surface area contributed by atoms with E-state index in [2.05, 4.69) is 39.1 Å². The molecule has 1 aliphatic rings. The zero-order valence-electron chi connectivity index (χ0n) is 10.5. The van der Waals surface area contributed by atoms with Gasteiger partial charge in [0.25, 0.3) is 0 Å². The number of nitrogens with one attached hydrogen (secondary N) is 1. The van der Waals surface area contributed by atoms with E-state index in [0.29, 0.717) is 12.0 Å². The lowest BCUT2D eigenvalue weighted by atomic mass is 9.70. The molecule has 0 aromatic heterocycles. The maximum absolute atomic E-state index is 9.43. The van der Waals surface area contributed by atoms with Crippen LogP contribution in [0.25, 0.3) is 0 Å². The van der Waals surface area contributed by atoms with Gasteiger partial charge in [-0.15, -0.1) is 0 Å². The first-order chi connectivity index (χ1) is 7.04. The Morgan fingerprint density at radius 3 is 2.67 bits per heavy atom. The van der Waals surface area contributed by atoms with Crippen LogP contribution in [0.3, 0.4) is 0 Å². The van der Waals surface area contributed by atoms with Crippen LogP contribution >= 0.6 is 0 Å². The number of nitrogens with zero attached hydrogens (tertiary/aromatic N) is 1. The van der Waals surface area contributed by atoms with Gasteiger partial charge in [-0.25, -0.2) is 0 Å². The average Bonchev–Trinajstić information content (AvgIpc) is 2.22. The van der Waals surface area contributed by atoms with Gasteiger partial charge in [-0.1, -0.05) is 20.8 Å². The van der Waals surface area contributed by atoms with Gasteiger partial charge < -0.3 is 0 Å². The maximum Gasteiger partial charge on any atom is 0.109 e. The lowest BCUT2D eigenvalue weighted by Gasteiger charge is -2.42. The van der Waals surface area contributed by atoms with E-state index in [-0.39, 0.29) is 5.54 Å². The van der Waals surface area contributed by atoms with Crippen molar-refractivity contribution >= 4 is 0 Å². The highest BCUT2D eigenvalue weighted by Crippen LogP contribution is 2.36. The molecule has 2 heteroatoms. The van der Waals surface area contributed by atoms with Gasteiger partial charge in [-0.2, -0.15) is 5.26 Å². The summed E-state index contributed by atoms with van der Waals surface area (Å²) in [5.41, 5.74) is -0.262. The predicted octanol–water partition coefficient (Wildman–Crippen LogP) is 3.09. The van der Waals surface area contributed by atoms with Crippen molar-refractivity contribution in [2.75, 3.05) is 0 Å². The molecule has 0 aromatic carbocycles. The molecule has 2 nitrogen and oxygen atoms in total. The molecular weight excluding hydrogens is 184 g/mol. The summed E-state index contributed by atoms with van der Waals surface area (Å²) in [7, 11) is 0. The second kappa shape index (κ2) is 4.99. The minimum Gasteiger partial charge on any atom is -0.297 e. The number of hydrogen-bond donors (Lipinski definition) is 1. The van der Waals surface area contributed by atoms with E-state index in [4.69, 9.17) is 0 Å². The van der Waals surface area contributed by atoms with Gasteiger partial charge in [0.1, 0.15) is 5.54 Å². The monoisotopic (exact) mass is 208 g/mol. The minimum absolute atomic E-state index is 0.262. The molecule has 4 unspecified atom stereocenters. The quantitative estimate of drug-likeness (QED) is 0.773. The molecular formula is C13H24N2. The number of hydrogen-bond acceptors (Lipinski definition) is 2. The fourth-order valence-corrected chi connectivity index (χ4v) is 2.60. The van der Waals surface area contributed by atoms with Crippen molar-refractivity contribution < 1.29 is 0 Å². The Labute approximate surface area is 94.1 Å². The molecule has 0 aliphatic heterocycles. The fraction of sp³-hybridized carbons (Fsp3) is 0.923. The highest BCUT2D eigenvalue weighted by molar-refractivity contribution is 5.12. The molecule has 4 atom stereocenters. The van der Waals surface area contributed by atoms with Crippen LogP contribution in [-0.4, -0.2) is 11.6 Å². The van der Waals surface area contributed by atoms with Crippen molar-refractivity contribution in [2.45, 2.75) is 65.0 Å². The molecule has 1 saturated carbocycles. The largest absolute Gasteiger partial charge is 0.297 e. The van der Waals surface area contributed by atoms with E-state index in [9.17, 15) is 5.26 Å². The Morgan fingerprint density at radius 1 is 1.53 bits per heavy atom. The summed E-state index contributed by atoms with van der Waals surface area (Å²) < 4.78 is 0. The second-order valence-corrected chi connectivity index (χ2v) is 5.32. The molecule has 15 heavy (non-hydrogen) atoms. The van der Waals surface area contributed by atoms with Crippen LogP contribution in [0.1, 0.15) is 53.4 Å². The van der Waals surface area contributed by atoms with Crippen molar-refractivity contribution in [3.8, 4) is 6.07 Å². The van der Waals surface area contributed by atoms with Gasteiger partial charge in [0.15, 0.2) is 0 Å². The molecule has 0 heterocycles. The van der Waals surface area contributed by atoms with Gasteiger partial charge >= 0.3 is 0 Å². The summed E-state index contributed by atoms with van der Waals surface area (Å²) in [5.74, 6) is 1.25. The molecule has 0 bridgehead atoms. The van der Waals surface area contributed by atoms with Gasteiger partial charge in [0.05, 0.1) is 6.07 Å². The first-order valence-corrected chi connectivity index (χ1v) is 6.23. The number of rotatable bonds is 3. The molecule has 0 radical (unpaired) electrons. The molecule has 0 aromatic rings. The normalized spacial score (nSPS) is 38.3. The molecule has 1 fully saturated rings. The lowest BCUT2D eigenvalue weighted by Crippen LogP contribution is -2.55. The third-order valence-electron chi connectivity index (χ3n) is 3.94. The van der Waals surface area contributed by atoms with Crippen LogP contribution in [0.15, 0.2) is 0 Å². The van der Waals surface area contributed by atoms with E-state index < -0.39 is 0 Å². The molecule has 0 spiro atoms. The predicted molar refractivity (Wildman–Crippen MR) is 63.4 cm³/mol. The van der Waals surface area contributed by atoms with Crippen LogP contribution < -0.4 is 5.32 Å². The molecule has 1 rings (SSSR count). The average molecular weight is 208 g/mol. The fourth-order valence-electron chi connectivity index (χ4n) is 2.60. The highest BCUT2D eigenvalue weighted by Gasteiger charge is 2.40. The zero-order valence-corrected chi connectivity index (χ0v) is 10.5. The van der Waals surface area contributed by atoms with Crippen molar-refractivity contribution in [3.05, 3.63) is 0 Å². The first kappa shape index (κ1) is 12.5. The third kappa shape index (κ3) is 2.72. The van der Waals surface area contributed by atoms with Crippen molar-refractivity contribution in [1.29, 1.82) is 5.26 Å². The third-order valence-corrected chi connectivity index (χ3v) is 3.94. The van der Waals surface area contributed by atoms with Crippen LogP contribution in [0.2, 0.25) is 0 Å². The number of nitriles is 1. The standard InChI is InChI=1S/C13H24N2/c1-5-12(4)15-13(9-14)7-6-10(2)8-11(13)3/h10-12,15H,5-8H2,1-4H3. The lowest BCUT2D eigenvalue weighted by molar-refractivity contribution is 0.159. The second-order valence-electron chi connectivity index (χ2n) is 5.32. The summed E-state index contributed by atoms with van der Waals surface area (Å²) in [5, 5.41) is 13.0. The summed E-state index contributed by atoms with van der Waals surface area (Å²) in [4.78, 5) is 0. The van der Waals surface area contributed by atoms with E-state index in [1.165, 1.54) is 12.8 Å². The Balaban J connectivity index is 2.72. The Hall–Kier alpha value is -0.550. The van der Waals surface area contributed by atoms with Crippen molar-refractivity contribution in [2.24, 2.45) is 11.8 Å². The molecule has 1 N–H and O–H groups in total. The van der Waals surface area contributed by atoms with Crippen molar-refractivity contribution in [1.82, 2.24) is 5.32 Å². The molecule has 0 saturated heterocycles. The van der Waals surface area contributed by atoms with E-state index in [1.807, 2.05) is 0 Å². The zero-order chi connectivity index (χ0) is 11.5. The van der Waals surface area contributed by atoms with Crippen LogP contribution in [-0.2, 0) is 0 Å². The SMILES string of the molecule is CCC(C)NC1(C#N)CCC(C)CC1C. The summed E-state index contributed by atoms with van der Waals surface area (Å²) >= 11 is 0. The molecule has 1 aliphatic carbocycles. The molecule has 0 amide bonds. The summed E-state index contributed by atoms with van der Waals surface area (Å²) in [6.07, 6.45) is 4.46. The van der Waals surface area contributed by atoms with Crippen LogP contribution in [0, 0.1) is 23.2 Å². The summed E-state index contributed by atoms with van der Waals surface area (Å²) in [6, 6.07) is 2.99. The van der Waals surface area contributed by atoms with Crippen molar-refractivity contribution in [3.63, 3.8) is 0 Å². The van der Waals surface area contributed by atoms with Crippen LogP contribution in [0.5, 0.6) is 0 Å². The Morgan fingerprint density at radius 2 is 2.20 bits per heavy atom. The van der Waals surface area contributed by atoms with Crippen LogP contribution in [0.4, 0.5) is 0 Å². The Kier molecular flexibility index (Phi) is 4.16. The first-order valence-electron chi connectivity index (χ1n) is 6.23.